The number of nitrogens with one attached hydrogen (secondary N) is 1. The van der Waals surface area contributed by atoms with Crippen molar-refractivity contribution in [3.05, 3.63) is 83.4 Å². The summed E-state index contributed by atoms with van der Waals surface area (Å²) in [5.41, 5.74) is 3.96. The normalized spacial score (nSPS) is 19.6. The number of aromatic nitrogens is 1. The van der Waals surface area contributed by atoms with Crippen LogP contribution in [0, 0.1) is 0 Å². The van der Waals surface area contributed by atoms with Gasteiger partial charge in [-0.05, 0) is 28.7 Å². The van der Waals surface area contributed by atoms with E-state index in [4.69, 9.17) is 0 Å². The molecule has 2 aliphatic rings. The highest BCUT2D eigenvalue weighted by molar-refractivity contribution is 7.17. The molecule has 23 heavy (non-hydrogen) atoms. The van der Waals surface area contributed by atoms with Crippen molar-refractivity contribution in [1.82, 2.24) is 9.88 Å². The number of fused-ring (bicyclic) bond motifs is 4. The van der Waals surface area contributed by atoms with Crippen LogP contribution >= 0.6 is 11.3 Å². The van der Waals surface area contributed by atoms with E-state index in [-0.39, 0.29) is 0 Å². The molecule has 3 aromatic rings. The van der Waals surface area contributed by atoms with E-state index in [0.29, 0.717) is 6.04 Å². The Morgan fingerprint density at radius 1 is 1.09 bits per heavy atom. The number of hydrogen-bond acceptors (Lipinski definition) is 2. The van der Waals surface area contributed by atoms with Crippen LogP contribution in [0.2, 0.25) is 0 Å². The van der Waals surface area contributed by atoms with E-state index in [2.05, 4.69) is 82.2 Å². The van der Waals surface area contributed by atoms with Crippen molar-refractivity contribution in [3.63, 3.8) is 0 Å². The molecule has 0 saturated carbocycles. The smallest absolute Gasteiger partial charge is 0.104 e. The highest BCUT2D eigenvalue weighted by Crippen LogP contribution is 2.33. The van der Waals surface area contributed by atoms with Crippen LogP contribution in [0.1, 0.15) is 0 Å². The third-order valence-electron chi connectivity index (χ3n) is 4.58. The van der Waals surface area contributed by atoms with E-state index in [9.17, 15) is 0 Å². The molecule has 0 spiro atoms. The Hall–Kier alpha value is -2.52. The molecular formula is C20H16N2S. The molecule has 1 aromatic carbocycles. The molecule has 0 fully saturated rings. The number of dihydropyridines is 1. The van der Waals surface area contributed by atoms with Gasteiger partial charge in [-0.25, -0.2) is 0 Å². The van der Waals surface area contributed by atoms with Gasteiger partial charge in [0.05, 0.1) is 18.1 Å². The van der Waals surface area contributed by atoms with Crippen LogP contribution in [0.3, 0.4) is 0 Å². The van der Waals surface area contributed by atoms with Gasteiger partial charge in [0.2, 0.25) is 0 Å². The number of thiophene rings is 1. The van der Waals surface area contributed by atoms with Gasteiger partial charge in [-0.2, -0.15) is 0 Å². The Kier molecular flexibility index (Phi) is 2.82. The van der Waals surface area contributed by atoms with E-state index in [1.165, 1.54) is 32.3 Å². The largest absolute Gasteiger partial charge is 0.380 e. The van der Waals surface area contributed by atoms with Crippen molar-refractivity contribution in [3.8, 4) is 0 Å². The fourth-order valence-electron chi connectivity index (χ4n) is 3.49. The van der Waals surface area contributed by atoms with Gasteiger partial charge in [0.25, 0.3) is 0 Å². The molecular weight excluding hydrogens is 300 g/mol. The van der Waals surface area contributed by atoms with Gasteiger partial charge in [0.1, 0.15) is 4.83 Å². The molecule has 1 N–H and O–H groups in total. The molecule has 2 aromatic heterocycles. The van der Waals surface area contributed by atoms with Gasteiger partial charge in [-0.15, -0.1) is 11.3 Å². The summed E-state index contributed by atoms with van der Waals surface area (Å²) in [5, 5.41) is 8.39. The Morgan fingerprint density at radius 3 is 3.04 bits per heavy atom. The van der Waals surface area contributed by atoms with Crippen LogP contribution in [-0.2, 0) is 6.54 Å². The summed E-state index contributed by atoms with van der Waals surface area (Å²) in [6, 6.07) is 11.2. The number of rotatable bonds is 2. The first kappa shape index (κ1) is 13.0. The SMILES string of the molecule is C1=CC2=CC(Cn3c4ccccc4c4ccsc43)=CNC2C=C1. The van der Waals surface area contributed by atoms with Crippen LogP contribution in [0.5, 0.6) is 0 Å². The molecule has 0 saturated heterocycles. The fraction of sp³-hybridized carbons (Fsp3) is 0.100. The first-order valence-electron chi connectivity index (χ1n) is 7.86. The Labute approximate surface area is 138 Å². The third-order valence-corrected chi connectivity index (χ3v) is 5.51. The van der Waals surface area contributed by atoms with Crippen LogP contribution < -0.4 is 5.32 Å². The van der Waals surface area contributed by atoms with Crippen molar-refractivity contribution >= 4 is 32.5 Å². The van der Waals surface area contributed by atoms with Gasteiger partial charge >= 0.3 is 0 Å². The summed E-state index contributed by atoms with van der Waals surface area (Å²) >= 11 is 1.82. The lowest BCUT2D eigenvalue weighted by atomic mass is 9.97. The lowest BCUT2D eigenvalue weighted by Crippen LogP contribution is -2.28. The maximum Gasteiger partial charge on any atom is 0.104 e. The van der Waals surface area contributed by atoms with Gasteiger partial charge in [0.15, 0.2) is 0 Å². The monoisotopic (exact) mass is 316 g/mol. The molecule has 0 radical (unpaired) electrons. The molecule has 1 aliphatic heterocycles. The number of benzene rings is 1. The lowest BCUT2D eigenvalue weighted by molar-refractivity contribution is 0.758. The quantitative estimate of drug-likeness (QED) is 0.721. The Balaban J connectivity index is 1.60. The van der Waals surface area contributed by atoms with Gasteiger partial charge in [-0.1, -0.05) is 48.6 Å². The van der Waals surface area contributed by atoms with E-state index in [1.807, 2.05) is 11.3 Å². The van der Waals surface area contributed by atoms with Gasteiger partial charge < -0.3 is 9.88 Å². The molecule has 3 heterocycles. The standard InChI is InChI=1S/C20H16N2S/c1-3-7-18-15(5-1)11-14(12-21-18)13-22-19-8-4-2-6-16(19)17-9-10-23-20(17)22/h1-12,18,21H,13H2. The Morgan fingerprint density at radius 2 is 2.04 bits per heavy atom. The predicted octanol–water partition coefficient (Wildman–Crippen LogP) is 4.76. The number of hydrogen-bond donors (Lipinski definition) is 1. The molecule has 5 rings (SSSR count). The summed E-state index contributed by atoms with van der Waals surface area (Å²) in [6.07, 6.45) is 13.1. The van der Waals surface area contributed by atoms with Crippen molar-refractivity contribution in [2.24, 2.45) is 0 Å². The number of para-hydroxylation sites is 1. The second-order valence-corrected chi connectivity index (χ2v) is 6.89. The van der Waals surface area contributed by atoms with Crippen LogP contribution in [-0.4, -0.2) is 10.6 Å². The zero-order valence-electron chi connectivity index (χ0n) is 12.6. The third kappa shape index (κ3) is 2.01. The lowest BCUT2D eigenvalue weighted by Gasteiger charge is -2.23. The molecule has 1 unspecified atom stereocenters. The highest BCUT2D eigenvalue weighted by Gasteiger charge is 2.16. The average Bonchev–Trinajstić information content (AvgIpc) is 3.18. The summed E-state index contributed by atoms with van der Waals surface area (Å²) in [5.74, 6) is 0. The van der Waals surface area contributed by atoms with Gasteiger partial charge in [0, 0.05) is 17.0 Å². The minimum atomic E-state index is 0.326. The topological polar surface area (TPSA) is 17.0 Å². The minimum Gasteiger partial charge on any atom is -0.380 e. The second kappa shape index (κ2) is 5.00. The fourth-order valence-corrected chi connectivity index (χ4v) is 4.42. The van der Waals surface area contributed by atoms with E-state index in [0.717, 1.165) is 6.54 Å². The molecule has 1 aliphatic carbocycles. The number of allylic oxidation sites excluding steroid dienone is 4. The average molecular weight is 316 g/mol. The zero-order chi connectivity index (χ0) is 15.2. The summed E-state index contributed by atoms with van der Waals surface area (Å²) in [4.78, 5) is 1.35. The van der Waals surface area contributed by atoms with Crippen molar-refractivity contribution < 1.29 is 0 Å². The first-order valence-corrected chi connectivity index (χ1v) is 8.74. The van der Waals surface area contributed by atoms with Gasteiger partial charge in [-0.3, -0.25) is 0 Å². The number of nitrogens with zero attached hydrogens (tertiary/aromatic N) is 1. The minimum absolute atomic E-state index is 0.326. The van der Waals surface area contributed by atoms with E-state index in [1.54, 1.807) is 0 Å². The zero-order valence-corrected chi connectivity index (χ0v) is 13.4. The maximum atomic E-state index is 3.50. The molecule has 0 amide bonds. The van der Waals surface area contributed by atoms with Crippen LogP contribution in [0.4, 0.5) is 0 Å². The Bertz CT molecular complexity index is 1030. The summed E-state index contributed by atoms with van der Waals surface area (Å²) in [6.45, 7) is 0.894. The predicted molar refractivity (Wildman–Crippen MR) is 98.7 cm³/mol. The maximum absolute atomic E-state index is 3.50. The van der Waals surface area contributed by atoms with Crippen molar-refractivity contribution in [2.75, 3.05) is 0 Å². The molecule has 0 bridgehead atoms. The molecule has 2 nitrogen and oxygen atoms in total. The summed E-state index contributed by atoms with van der Waals surface area (Å²) in [7, 11) is 0. The summed E-state index contributed by atoms with van der Waals surface area (Å²) < 4.78 is 2.43. The van der Waals surface area contributed by atoms with Crippen molar-refractivity contribution in [1.29, 1.82) is 0 Å². The second-order valence-electron chi connectivity index (χ2n) is 5.99. The van der Waals surface area contributed by atoms with Crippen LogP contribution in [0.15, 0.2) is 83.4 Å². The molecule has 1 atom stereocenters. The van der Waals surface area contributed by atoms with Crippen LogP contribution in [0.25, 0.3) is 21.1 Å². The van der Waals surface area contributed by atoms with E-state index < -0.39 is 0 Å². The van der Waals surface area contributed by atoms with Crippen molar-refractivity contribution in [2.45, 2.75) is 12.6 Å². The molecule has 112 valence electrons. The van der Waals surface area contributed by atoms with E-state index >= 15 is 0 Å². The highest BCUT2D eigenvalue weighted by atomic mass is 32.1. The first-order chi connectivity index (χ1) is 11.4. The molecule has 3 heteroatoms.